The van der Waals surface area contributed by atoms with E-state index in [9.17, 15) is 27.6 Å². The molecule has 6 nitrogen and oxygen atoms in total. The molecule has 0 bridgehead atoms. The van der Waals surface area contributed by atoms with Gasteiger partial charge in [0.05, 0.1) is 11.3 Å². The van der Waals surface area contributed by atoms with Gasteiger partial charge < -0.3 is 15.4 Å². The molecule has 2 aromatic rings. The van der Waals surface area contributed by atoms with Crippen LogP contribution >= 0.6 is 11.6 Å². The molecule has 0 unspecified atom stereocenters. The Morgan fingerprint density at radius 1 is 1.06 bits per heavy atom. The Morgan fingerprint density at radius 2 is 1.71 bits per heavy atom. The topological polar surface area (TPSA) is 84.5 Å². The highest BCUT2D eigenvalue weighted by molar-refractivity contribution is 6.30. The summed E-state index contributed by atoms with van der Waals surface area (Å²) in [7, 11) is 0. The van der Waals surface area contributed by atoms with Gasteiger partial charge in [0.2, 0.25) is 0 Å². The Kier molecular flexibility index (Phi) is 8.04. The number of ether oxygens (including phenoxy) is 1. The van der Waals surface area contributed by atoms with Gasteiger partial charge in [-0.05, 0) is 36.2 Å². The van der Waals surface area contributed by atoms with Crippen LogP contribution in [0.5, 0.6) is 0 Å². The van der Waals surface area contributed by atoms with Crippen LogP contribution < -0.4 is 10.6 Å². The summed E-state index contributed by atoms with van der Waals surface area (Å²) in [6.45, 7) is 2.50. The smallest absolute Gasteiger partial charge is 0.418 e. The molecule has 0 saturated carbocycles. The summed E-state index contributed by atoms with van der Waals surface area (Å²) in [5, 5.41) is 4.44. The zero-order chi connectivity index (χ0) is 23.2. The number of esters is 1. The fourth-order valence-corrected chi connectivity index (χ4v) is 2.76. The van der Waals surface area contributed by atoms with Gasteiger partial charge in [-0.2, -0.15) is 13.2 Å². The van der Waals surface area contributed by atoms with Gasteiger partial charge in [0, 0.05) is 10.6 Å². The number of hydrogen-bond acceptors (Lipinski definition) is 4. The number of alkyl halides is 3. The van der Waals surface area contributed by atoms with Gasteiger partial charge in [0.1, 0.15) is 6.04 Å². The predicted molar refractivity (Wildman–Crippen MR) is 109 cm³/mol. The molecule has 166 valence electrons. The fraction of sp³-hybridized carbons (Fsp3) is 0.286. The summed E-state index contributed by atoms with van der Waals surface area (Å²) >= 11 is 5.60. The highest BCUT2D eigenvalue weighted by Crippen LogP contribution is 2.36. The lowest BCUT2D eigenvalue weighted by molar-refractivity contribution is -0.150. The van der Waals surface area contributed by atoms with Gasteiger partial charge in [0.15, 0.2) is 6.61 Å². The Bertz CT molecular complexity index is 949. The third-order valence-corrected chi connectivity index (χ3v) is 4.38. The van der Waals surface area contributed by atoms with E-state index in [1.165, 1.54) is 6.07 Å². The Labute approximate surface area is 181 Å². The van der Waals surface area contributed by atoms with E-state index in [4.69, 9.17) is 16.3 Å². The second-order valence-electron chi connectivity index (χ2n) is 6.90. The molecule has 0 saturated heterocycles. The first-order chi connectivity index (χ1) is 14.5. The lowest BCUT2D eigenvalue weighted by Crippen LogP contribution is -2.45. The zero-order valence-corrected chi connectivity index (χ0v) is 17.4. The molecular weight excluding hydrogens is 437 g/mol. The van der Waals surface area contributed by atoms with E-state index in [0.717, 1.165) is 6.07 Å². The average Bonchev–Trinajstić information content (AvgIpc) is 2.71. The van der Waals surface area contributed by atoms with Gasteiger partial charge in [-0.3, -0.25) is 9.59 Å². The number of hydrogen-bond donors (Lipinski definition) is 2. The maximum atomic E-state index is 13.1. The second-order valence-corrected chi connectivity index (χ2v) is 7.34. The van der Waals surface area contributed by atoms with E-state index in [1.54, 1.807) is 44.2 Å². The number of anilines is 1. The van der Waals surface area contributed by atoms with Crippen molar-refractivity contribution < 1.29 is 32.3 Å². The molecule has 0 aliphatic heterocycles. The first kappa shape index (κ1) is 24.2. The van der Waals surface area contributed by atoms with E-state index in [-0.39, 0.29) is 10.9 Å². The van der Waals surface area contributed by atoms with Crippen LogP contribution in [0.2, 0.25) is 5.02 Å². The Morgan fingerprint density at radius 3 is 2.29 bits per heavy atom. The summed E-state index contributed by atoms with van der Waals surface area (Å²) in [5.41, 5.74) is -1.31. The van der Waals surface area contributed by atoms with Crippen molar-refractivity contribution in [2.45, 2.75) is 26.1 Å². The molecule has 2 amide bonds. The van der Waals surface area contributed by atoms with Crippen LogP contribution in [0, 0.1) is 5.92 Å². The number of amides is 2. The number of nitrogens with one attached hydrogen (secondary N) is 2. The summed E-state index contributed by atoms with van der Waals surface area (Å²) in [6, 6.07) is 10.00. The molecule has 2 rings (SSSR count). The third-order valence-electron chi connectivity index (χ3n) is 4.15. The molecule has 1 atom stereocenters. The van der Waals surface area contributed by atoms with Crippen molar-refractivity contribution >= 4 is 35.1 Å². The number of carbonyl (C=O) groups is 3. The molecular formula is C21H20ClF3N2O4. The largest absolute Gasteiger partial charge is 0.454 e. The molecule has 10 heteroatoms. The summed E-state index contributed by atoms with van der Waals surface area (Å²) in [6.07, 6.45) is -4.74. The minimum atomic E-state index is -4.74. The summed E-state index contributed by atoms with van der Waals surface area (Å²) < 4.78 is 44.3. The molecule has 0 fully saturated rings. The van der Waals surface area contributed by atoms with Crippen LogP contribution in [0.3, 0.4) is 0 Å². The van der Waals surface area contributed by atoms with Crippen molar-refractivity contribution in [3.05, 3.63) is 64.7 Å². The van der Waals surface area contributed by atoms with Crippen molar-refractivity contribution in [3.63, 3.8) is 0 Å². The minimum absolute atomic E-state index is 0.148. The van der Waals surface area contributed by atoms with E-state index < -0.39 is 47.9 Å². The molecule has 0 aliphatic carbocycles. The highest BCUT2D eigenvalue weighted by Gasteiger charge is 2.34. The predicted octanol–water partition coefficient (Wildman–Crippen LogP) is 4.30. The standard InChI is InChI=1S/C21H20ClF3N2O4/c1-12(2)18(27-19(29)13-6-4-3-5-7-13)20(30)31-11-17(28)26-16-9-8-14(22)10-15(16)21(23,24)25/h3-10,12,18H,11H2,1-2H3,(H,26,28)(H,27,29)/t18-/m0/s1. The maximum Gasteiger partial charge on any atom is 0.418 e. The summed E-state index contributed by atoms with van der Waals surface area (Å²) in [4.78, 5) is 36.7. The molecule has 31 heavy (non-hydrogen) atoms. The van der Waals surface area contributed by atoms with Crippen molar-refractivity contribution in [1.82, 2.24) is 5.32 Å². The van der Waals surface area contributed by atoms with Crippen LogP contribution in [-0.2, 0) is 20.5 Å². The normalized spacial score (nSPS) is 12.2. The quantitative estimate of drug-likeness (QED) is 0.608. The van der Waals surface area contributed by atoms with Crippen molar-refractivity contribution in [2.75, 3.05) is 11.9 Å². The minimum Gasteiger partial charge on any atom is -0.454 e. The highest BCUT2D eigenvalue weighted by atomic mass is 35.5. The monoisotopic (exact) mass is 456 g/mol. The van der Waals surface area contributed by atoms with Crippen molar-refractivity contribution in [1.29, 1.82) is 0 Å². The molecule has 0 aromatic heterocycles. The number of rotatable bonds is 7. The fourth-order valence-electron chi connectivity index (χ4n) is 2.58. The van der Waals surface area contributed by atoms with Gasteiger partial charge >= 0.3 is 12.1 Å². The molecule has 2 N–H and O–H groups in total. The van der Waals surface area contributed by atoms with Gasteiger partial charge in [-0.25, -0.2) is 4.79 Å². The van der Waals surface area contributed by atoms with E-state index in [2.05, 4.69) is 10.6 Å². The van der Waals surface area contributed by atoms with Crippen molar-refractivity contribution in [3.8, 4) is 0 Å². The average molecular weight is 457 g/mol. The van der Waals surface area contributed by atoms with Crippen LogP contribution in [-0.4, -0.2) is 30.4 Å². The van der Waals surface area contributed by atoms with Crippen LogP contribution in [0.1, 0.15) is 29.8 Å². The lowest BCUT2D eigenvalue weighted by Gasteiger charge is -2.21. The third kappa shape index (κ3) is 6.99. The lowest BCUT2D eigenvalue weighted by atomic mass is 10.0. The Hall–Kier alpha value is -3.07. The number of halogens is 4. The van der Waals surface area contributed by atoms with Crippen LogP contribution in [0.25, 0.3) is 0 Å². The molecule has 0 spiro atoms. The Balaban J connectivity index is 2.00. The molecule has 0 radical (unpaired) electrons. The van der Waals surface area contributed by atoms with E-state index >= 15 is 0 Å². The number of carbonyl (C=O) groups excluding carboxylic acids is 3. The SMILES string of the molecule is CC(C)[C@H](NC(=O)c1ccccc1)C(=O)OCC(=O)Nc1ccc(Cl)cc1C(F)(F)F. The van der Waals surface area contributed by atoms with Crippen LogP contribution in [0.4, 0.5) is 18.9 Å². The van der Waals surface area contributed by atoms with Crippen molar-refractivity contribution in [2.24, 2.45) is 5.92 Å². The van der Waals surface area contributed by atoms with Crippen LogP contribution in [0.15, 0.2) is 48.5 Å². The first-order valence-corrected chi connectivity index (χ1v) is 9.56. The maximum absolute atomic E-state index is 13.1. The molecule has 0 aliphatic rings. The first-order valence-electron chi connectivity index (χ1n) is 9.18. The second kappa shape index (κ2) is 10.3. The molecule has 0 heterocycles. The molecule has 2 aromatic carbocycles. The zero-order valence-electron chi connectivity index (χ0n) is 16.6. The van der Waals surface area contributed by atoms with Gasteiger partial charge in [0.25, 0.3) is 11.8 Å². The summed E-state index contributed by atoms with van der Waals surface area (Å²) in [5.74, 6) is -2.73. The van der Waals surface area contributed by atoms with E-state index in [0.29, 0.717) is 11.6 Å². The van der Waals surface area contributed by atoms with Gasteiger partial charge in [-0.15, -0.1) is 0 Å². The number of benzene rings is 2. The van der Waals surface area contributed by atoms with Gasteiger partial charge in [-0.1, -0.05) is 43.6 Å². The van der Waals surface area contributed by atoms with E-state index in [1.807, 2.05) is 0 Å².